The van der Waals surface area contributed by atoms with Gasteiger partial charge in [-0.05, 0) is 93.5 Å². The van der Waals surface area contributed by atoms with Crippen molar-refractivity contribution in [1.82, 2.24) is 9.13 Å². The van der Waals surface area contributed by atoms with Crippen molar-refractivity contribution < 1.29 is 9.60 Å². The number of para-hydroxylation sites is 2. The van der Waals surface area contributed by atoms with Crippen molar-refractivity contribution in [1.29, 1.82) is 0 Å². The molecule has 56 heavy (non-hydrogen) atoms. The zero-order chi connectivity index (χ0) is 43.1. The van der Waals surface area contributed by atoms with E-state index in [9.17, 15) is 6.85 Å². The van der Waals surface area contributed by atoms with E-state index < -0.39 is 12.1 Å². The Morgan fingerprint density at radius 2 is 0.946 bits per heavy atom. The summed E-state index contributed by atoms with van der Waals surface area (Å²) >= 11 is 0. The van der Waals surface area contributed by atoms with Crippen molar-refractivity contribution in [2.24, 2.45) is 0 Å². The van der Waals surface area contributed by atoms with Gasteiger partial charge in [-0.15, -0.1) is 0 Å². The third-order valence-corrected chi connectivity index (χ3v) is 10.8. The van der Waals surface area contributed by atoms with Crippen LogP contribution in [0.15, 0.2) is 218 Å². The minimum Gasteiger partial charge on any atom is -0.309 e. The van der Waals surface area contributed by atoms with E-state index in [0.717, 1.165) is 60.9 Å². The number of rotatable bonds is 6. The minimum atomic E-state index is -0.424. The van der Waals surface area contributed by atoms with Crippen molar-refractivity contribution in [2.75, 3.05) is 0 Å². The molecule has 11 rings (SSSR count). The molecule has 262 valence electrons. The van der Waals surface area contributed by atoms with E-state index in [1.165, 1.54) is 0 Å². The largest absolute Gasteiger partial charge is 0.309 e. The molecule has 0 saturated carbocycles. The standard InChI is InChI=1S/C54H36N2/c1-4-15-37(16-5-1)40-21-14-22-44(33-40)55-51-26-13-11-24-46(51)48-34-41(28-31-52(48)55)42-29-32-53-49(35-42)47-30-27-43(38-17-6-2-7-18-38)36-54(47)56(53)50-25-12-10-23-45(50)39-19-8-3-9-20-39/h1-36H/i11D,13D,24D,26D,28D,31D,34D. The fourth-order valence-electron chi connectivity index (χ4n) is 8.15. The molecular weight excluding hydrogens is 677 g/mol. The first-order valence-corrected chi connectivity index (χ1v) is 18.7. The fourth-order valence-corrected chi connectivity index (χ4v) is 8.15. The summed E-state index contributed by atoms with van der Waals surface area (Å²) in [4.78, 5) is 0. The summed E-state index contributed by atoms with van der Waals surface area (Å²) in [6.07, 6.45) is 0. The SMILES string of the molecule is [2H]c1c([2H])c([2H])c2c(c1[2H])c1c([2H])c(-c3ccc4c(c3)c3ccc(-c5ccccc5)cc3n4-c3ccccc3-c3ccccc3)c([2H])c([2H])c1n2-c1cccc(-c2ccccc2)c1. The second kappa shape index (κ2) is 13.2. The number of fused-ring (bicyclic) bond motifs is 6. The molecule has 0 spiro atoms. The van der Waals surface area contributed by atoms with Gasteiger partial charge >= 0.3 is 0 Å². The van der Waals surface area contributed by atoms with Gasteiger partial charge in [0.05, 0.1) is 37.3 Å². The smallest absolute Gasteiger partial charge is 0.0645 e. The van der Waals surface area contributed by atoms with Crippen molar-refractivity contribution in [3.8, 4) is 55.9 Å². The second-order valence-corrected chi connectivity index (χ2v) is 14.0. The zero-order valence-corrected chi connectivity index (χ0v) is 30.1. The van der Waals surface area contributed by atoms with Crippen LogP contribution in [0.25, 0.3) is 99.5 Å². The van der Waals surface area contributed by atoms with Gasteiger partial charge in [-0.25, -0.2) is 0 Å². The maximum atomic E-state index is 9.92. The highest BCUT2D eigenvalue weighted by atomic mass is 15.0. The lowest BCUT2D eigenvalue weighted by atomic mass is 9.99. The van der Waals surface area contributed by atoms with E-state index in [0.29, 0.717) is 11.3 Å². The van der Waals surface area contributed by atoms with Crippen molar-refractivity contribution in [2.45, 2.75) is 0 Å². The Labute approximate surface area is 335 Å². The summed E-state index contributed by atoms with van der Waals surface area (Å²) in [6.45, 7) is 0. The zero-order valence-electron chi connectivity index (χ0n) is 37.1. The molecular formula is C54H36N2. The molecule has 9 aromatic carbocycles. The average molecular weight is 720 g/mol. The van der Waals surface area contributed by atoms with Gasteiger partial charge in [0, 0.05) is 32.8 Å². The van der Waals surface area contributed by atoms with Crippen LogP contribution < -0.4 is 0 Å². The van der Waals surface area contributed by atoms with E-state index in [1.54, 1.807) is 4.57 Å². The number of benzene rings is 9. The molecule has 0 unspecified atom stereocenters. The third-order valence-electron chi connectivity index (χ3n) is 10.8. The maximum absolute atomic E-state index is 9.92. The number of nitrogens with zero attached hydrogens (tertiary/aromatic N) is 2. The molecule has 0 fully saturated rings. The van der Waals surface area contributed by atoms with Crippen LogP contribution in [0.1, 0.15) is 9.60 Å². The van der Waals surface area contributed by atoms with E-state index >= 15 is 0 Å². The van der Waals surface area contributed by atoms with Crippen LogP contribution >= 0.6 is 0 Å². The molecule has 0 radical (unpaired) electrons. The Morgan fingerprint density at radius 1 is 0.321 bits per heavy atom. The molecule has 2 heterocycles. The highest BCUT2D eigenvalue weighted by Gasteiger charge is 2.19. The van der Waals surface area contributed by atoms with Crippen LogP contribution in [-0.4, -0.2) is 9.13 Å². The quantitative estimate of drug-likeness (QED) is 0.162. The van der Waals surface area contributed by atoms with E-state index in [1.807, 2.05) is 121 Å². The normalized spacial score (nSPS) is 13.3. The first-order valence-electron chi connectivity index (χ1n) is 22.2. The number of hydrogen-bond donors (Lipinski definition) is 0. The van der Waals surface area contributed by atoms with Crippen molar-refractivity contribution in [3.05, 3.63) is 218 Å². The van der Waals surface area contributed by atoms with Gasteiger partial charge in [-0.2, -0.15) is 0 Å². The Bertz CT molecular complexity index is 3630. The van der Waals surface area contributed by atoms with Crippen LogP contribution in [0.2, 0.25) is 0 Å². The van der Waals surface area contributed by atoms with Gasteiger partial charge in [-0.1, -0.05) is 164 Å². The van der Waals surface area contributed by atoms with Crippen LogP contribution in [0.4, 0.5) is 0 Å². The van der Waals surface area contributed by atoms with Crippen LogP contribution in [0.3, 0.4) is 0 Å². The van der Waals surface area contributed by atoms with Crippen LogP contribution in [0, 0.1) is 0 Å². The monoisotopic (exact) mass is 719 g/mol. The van der Waals surface area contributed by atoms with Gasteiger partial charge in [0.2, 0.25) is 0 Å². The predicted molar refractivity (Wildman–Crippen MR) is 237 cm³/mol. The Kier molecular flexibility index (Phi) is 6.01. The topological polar surface area (TPSA) is 9.86 Å². The Hall–Kier alpha value is -7.42. The fraction of sp³-hybridized carbons (Fsp3) is 0. The first kappa shape index (κ1) is 25.6. The van der Waals surface area contributed by atoms with Gasteiger partial charge < -0.3 is 9.13 Å². The summed E-state index contributed by atoms with van der Waals surface area (Å²) in [5.74, 6) is 0. The third kappa shape index (κ3) is 5.26. The van der Waals surface area contributed by atoms with Gasteiger partial charge in [0.15, 0.2) is 0 Å². The molecule has 2 nitrogen and oxygen atoms in total. The van der Waals surface area contributed by atoms with Gasteiger partial charge in [0.1, 0.15) is 0 Å². The molecule has 2 heteroatoms. The first-order chi connectivity index (χ1) is 30.7. The molecule has 0 aliphatic carbocycles. The number of hydrogen-bond acceptors (Lipinski definition) is 0. The average Bonchev–Trinajstić information content (AvgIpc) is 3.87. The lowest BCUT2D eigenvalue weighted by Crippen LogP contribution is -1.97. The Morgan fingerprint density at radius 3 is 1.73 bits per heavy atom. The van der Waals surface area contributed by atoms with Gasteiger partial charge in [-0.3, -0.25) is 0 Å². The van der Waals surface area contributed by atoms with Crippen LogP contribution in [-0.2, 0) is 0 Å². The molecule has 0 aliphatic rings. The molecule has 0 bridgehead atoms. The predicted octanol–water partition coefficient (Wildman–Crippen LogP) is 14.5. The minimum absolute atomic E-state index is 0.0807. The van der Waals surface area contributed by atoms with E-state index in [-0.39, 0.29) is 57.6 Å². The summed E-state index contributed by atoms with van der Waals surface area (Å²) in [5, 5.41) is 2.22. The van der Waals surface area contributed by atoms with Crippen molar-refractivity contribution >= 4 is 43.6 Å². The van der Waals surface area contributed by atoms with Gasteiger partial charge in [0.25, 0.3) is 0 Å². The summed E-state index contributed by atoms with van der Waals surface area (Å²) in [7, 11) is 0. The molecule has 0 aliphatic heterocycles. The molecule has 0 atom stereocenters. The van der Waals surface area contributed by atoms with E-state index in [4.69, 9.17) is 2.74 Å². The lowest BCUT2D eigenvalue weighted by Gasteiger charge is -2.14. The summed E-state index contributed by atoms with van der Waals surface area (Å²) < 4.78 is 68.9. The van der Waals surface area contributed by atoms with Crippen molar-refractivity contribution in [3.63, 3.8) is 0 Å². The van der Waals surface area contributed by atoms with E-state index in [2.05, 4.69) is 59.2 Å². The highest BCUT2D eigenvalue weighted by Crippen LogP contribution is 2.41. The Balaban J connectivity index is 1.20. The molecule has 0 N–H and O–H groups in total. The molecule has 0 saturated heterocycles. The second-order valence-electron chi connectivity index (χ2n) is 14.0. The molecule has 11 aromatic rings. The highest BCUT2D eigenvalue weighted by molar-refractivity contribution is 6.13. The lowest BCUT2D eigenvalue weighted by molar-refractivity contribution is 1.18. The molecule has 2 aromatic heterocycles. The maximum Gasteiger partial charge on any atom is 0.0645 e. The summed E-state index contributed by atoms with van der Waals surface area (Å²) in [6, 6.07) is 56.8. The molecule has 0 amide bonds. The summed E-state index contributed by atoms with van der Waals surface area (Å²) in [5.41, 5.74) is 10.7. The number of aromatic nitrogens is 2. The van der Waals surface area contributed by atoms with Crippen LogP contribution in [0.5, 0.6) is 0 Å².